The Morgan fingerprint density at radius 2 is 0.808 bits per heavy atom. The summed E-state index contributed by atoms with van der Waals surface area (Å²) in [6.45, 7) is 3.24. The van der Waals surface area contributed by atoms with Crippen LogP contribution in [-0.4, -0.2) is 11.9 Å². The quantitative estimate of drug-likeness (QED) is 0.253. The SMILES string of the molecule is CC(=O)[O-].CCCCCCCCCCCCCCCCCC(=O)[O-].[Zn+2].[Zn+2]. The summed E-state index contributed by atoms with van der Waals surface area (Å²) in [5.74, 6) is -1.99. The van der Waals surface area contributed by atoms with Crippen LogP contribution in [0, 0.1) is 0 Å². The Hall–Kier alpha value is 0.187. The van der Waals surface area contributed by atoms with E-state index in [2.05, 4.69) is 6.92 Å². The molecule has 0 heterocycles. The van der Waals surface area contributed by atoms with Gasteiger partial charge >= 0.3 is 39.0 Å². The molecule has 0 amide bonds. The third kappa shape index (κ3) is 44.0. The minimum Gasteiger partial charge on any atom is -0.550 e. The minimum absolute atomic E-state index is 0. The van der Waals surface area contributed by atoms with E-state index in [4.69, 9.17) is 9.90 Å². The van der Waals surface area contributed by atoms with Crippen LogP contribution < -0.4 is 10.2 Å². The molecule has 0 spiro atoms. The van der Waals surface area contributed by atoms with Gasteiger partial charge in [-0.25, -0.2) is 0 Å². The van der Waals surface area contributed by atoms with Gasteiger partial charge in [-0.05, 0) is 19.8 Å². The number of hydrogen-bond donors (Lipinski definition) is 0. The van der Waals surface area contributed by atoms with Gasteiger partial charge in [0.15, 0.2) is 0 Å². The van der Waals surface area contributed by atoms with E-state index in [1.165, 1.54) is 83.5 Å². The van der Waals surface area contributed by atoms with Crippen LogP contribution in [0.25, 0.3) is 0 Å². The molecule has 0 aromatic carbocycles. The van der Waals surface area contributed by atoms with Gasteiger partial charge in [0.2, 0.25) is 0 Å². The summed E-state index contributed by atoms with van der Waals surface area (Å²) in [5.41, 5.74) is 0. The molecule has 0 saturated carbocycles. The van der Waals surface area contributed by atoms with Gasteiger partial charge in [0.05, 0.1) is 0 Å². The van der Waals surface area contributed by atoms with E-state index in [0.29, 0.717) is 0 Å². The van der Waals surface area contributed by atoms with E-state index in [9.17, 15) is 9.90 Å². The maximum absolute atomic E-state index is 10.2. The van der Waals surface area contributed by atoms with Gasteiger partial charge in [-0.2, -0.15) is 0 Å². The van der Waals surface area contributed by atoms with Crippen molar-refractivity contribution in [2.75, 3.05) is 0 Å². The molecule has 144 valence electrons. The van der Waals surface area contributed by atoms with E-state index in [1.807, 2.05) is 0 Å². The zero-order chi connectivity index (χ0) is 18.5. The van der Waals surface area contributed by atoms with Gasteiger partial charge in [-0.1, -0.05) is 96.8 Å². The third-order valence-corrected chi connectivity index (χ3v) is 3.98. The van der Waals surface area contributed by atoms with E-state index >= 15 is 0 Å². The van der Waals surface area contributed by atoms with E-state index in [1.54, 1.807) is 0 Å². The average Bonchev–Trinajstić information content (AvgIpc) is 2.50. The van der Waals surface area contributed by atoms with Crippen LogP contribution in [0.15, 0.2) is 0 Å². The maximum atomic E-state index is 10.2. The molecule has 0 unspecified atom stereocenters. The molecule has 0 aliphatic rings. The molecule has 0 N–H and O–H groups in total. The first kappa shape index (κ1) is 33.7. The Morgan fingerprint density at radius 1 is 0.577 bits per heavy atom. The van der Waals surface area contributed by atoms with Gasteiger partial charge in [0, 0.05) is 11.9 Å². The molecule has 0 bridgehead atoms. The first-order chi connectivity index (χ1) is 11.5. The van der Waals surface area contributed by atoms with Gasteiger partial charge in [0.25, 0.3) is 0 Å². The van der Waals surface area contributed by atoms with Gasteiger partial charge < -0.3 is 19.8 Å². The first-order valence-corrected chi connectivity index (χ1v) is 9.88. The molecule has 0 fully saturated rings. The summed E-state index contributed by atoms with van der Waals surface area (Å²) in [6.07, 6.45) is 19.9. The van der Waals surface area contributed by atoms with Crippen molar-refractivity contribution in [3.63, 3.8) is 0 Å². The van der Waals surface area contributed by atoms with Crippen LogP contribution in [0.4, 0.5) is 0 Å². The standard InChI is InChI=1S/C18H36O2.C2H4O2.2Zn/c1-2-3-4-5-6-7-8-9-10-11-12-13-14-15-16-17-18(19)20;1-2(3)4;;/h2-17H2,1H3,(H,19,20);1H3,(H,3,4);;/q;;2*+2/p-2. The van der Waals surface area contributed by atoms with Crippen molar-refractivity contribution >= 4 is 11.9 Å². The Bertz CT molecular complexity index is 283. The van der Waals surface area contributed by atoms with Crippen LogP contribution in [-0.2, 0) is 48.5 Å². The summed E-state index contributed by atoms with van der Waals surface area (Å²) in [7, 11) is 0. The number of carboxylic acid groups (broad SMARTS) is 2. The molecule has 0 aliphatic heterocycles. The second kappa shape index (κ2) is 29.9. The molecule has 0 atom stereocenters. The minimum atomic E-state index is -1.08. The van der Waals surface area contributed by atoms with Crippen molar-refractivity contribution in [1.29, 1.82) is 0 Å². The number of aliphatic carboxylic acids is 2. The number of carbonyl (C=O) groups excluding carboxylic acids is 2. The molecular weight excluding hydrogens is 435 g/mol. The smallest absolute Gasteiger partial charge is 0.550 e. The number of carboxylic acids is 2. The normalized spacial score (nSPS) is 9.31. The van der Waals surface area contributed by atoms with Crippen LogP contribution in [0.1, 0.15) is 117 Å². The molecule has 26 heavy (non-hydrogen) atoms. The second-order valence-corrected chi connectivity index (χ2v) is 6.56. The second-order valence-electron chi connectivity index (χ2n) is 6.56. The van der Waals surface area contributed by atoms with E-state index in [0.717, 1.165) is 19.8 Å². The van der Waals surface area contributed by atoms with Crippen molar-refractivity contribution in [3.05, 3.63) is 0 Å². The van der Waals surface area contributed by atoms with E-state index < -0.39 is 11.9 Å². The van der Waals surface area contributed by atoms with Crippen LogP contribution >= 0.6 is 0 Å². The summed E-state index contributed by atoms with van der Waals surface area (Å²) < 4.78 is 0. The fourth-order valence-corrected chi connectivity index (χ4v) is 2.64. The Labute approximate surface area is 186 Å². The zero-order valence-corrected chi connectivity index (χ0v) is 23.3. The van der Waals surface area contributed by atoms with Crippen molar-refractivity contribution < 1.29 is 58.8 Å². The number of carbonyl (C=O) groups is 2. The van der Waals surface area contributed by atoms with Crippen LogP contribution in [0.3, 0.4) is 0 Å². The third-order valence-electron chi connectivity index (χ3n) is 3.98. The number of rotatable bonds is 16. The summed E-state index contributed by atoms with van der Waals surface area (Å²) in [6, 6.07) is 0. The fourth-order valence-electron chi connectivity index (χ4n) is 2.64. The first-order valence-electron chi connectivity index (χ1n) is 9.88. The summed E-state index contributed by atoms with van der Waals surface area (Å²) >= 11 is 0. The Balaban J connectivity index is -0.000000363. The van der Waals surface area contributed by atoms with Crippen molar-refractivity contribution in [2.45, 2.75) is 117 Å². The van der Waals surface area contributed by atoms with Gasteiger partial charge in [-0.15, -0.1) is 0 Å². The molecule has 0 aromatic heterocycles. The average molecular weight is 473 g/mol. The molecule has 0 aromatic rings. The van der Waals surface area contributed by atoms with Gasteiger partial charge in [0.1, 0.15) is 0 Å². The monoisotopic (exact) mass is 470 g/mol. The summed E-state index contributed by atoms with van der Waals surface area (Å²) in [4.78, 5) is 19.1. The van der Waals surface area contributed by atoms with E-state index in [-0.39, 0.29) is 45.4 Å². The van der Waals surface area contributed by atoms with Crippen molar-refractivity contribution in [3.8, 4) is 0 Å². The fraction of sp³-hybridized carbons (Fsp3) is 0.900. The molecular formula is C20H38O4Zn2+2. The van der Waals surface area contributed by atoms with Crippen molar-refractivity contribution in [1.82, 2.24) is 0 Å². The number of hydrogen-bond acceptors (Lipinski definition) is 4. The largest absolute Gasteiger partial charge is 2.00 e. The summed E-state index contributed by atoms with van der Waals surface area (Å²) in [5, 5.41) is 19.1. The predicted octanol–water partition coefficient (Wildman–Crippen LogP) is 3.75. The zero-order valence-electron chi connectivity index (χ0n) is 17.4. The Kier molecular flexibility index (Phi) is 38.9. The topological polar surface area (TPSA) is 80.3 Å². The molecule has 4 nitrogen and oxygen atoms in total. The van der Waals surface area contributed by atoms with Crippen molar-refractivity contribution in [2.24, 2.45) is 0 Å². The van der Waals surface area contributed by atoms with Crippen LogP contribution in [0.5, 0.6) is 0 Å². The molecule has 0 aliphatic carbocycles. The number of unbranched alkanes of at least 4 members (excludes halogenated alkanes) is 14. The predicted molar refractivity (Wildman–Crippen MR) is 95.2 cm³/mol. The van der Waals surface area contributed by atoms with Gasteiger partial charge in [-0.3, -0.25) is 0 Å². The Morgan fingerprint density at radius 3 is 1.04 bits per heavy atom. The molecule has 6 heteroatoms. The van der Waals surface area contributed by atoms with Crippen LogP contribution in [0.2, 0.25) is 0 Å². The molecule has 0 saturated heterocycles. The maximum Gasteiger partial charge on any atom is 2.00 e. The molecule has 0 radical (unpaired) electrons. The molecule has 0 rings (SSSR count).